The van der Waals surface area contributed by atoms with Crippen molar-refractivity contribution in [2.24, 2.45) is 0 Å². The van der Waals surface area contributed by atoms with Crippen LogP contribution < -0.4 is 5.32 Å². The summed E-state index contributed by atoms with van der Waals surface area (Å²) in [7, 11) is 0. The van der Waals surface area contributed by atoms with Crippen LogP contribution in [0.15, 0.2) is 0 Å². The van der Waals surface area contributed by atoms with Crippen molar-refractivity contribution in [2.75, 3.05) is 13.2 Å². The minimum Gasteiger partial charge on any atom is -0.396 e. The maximum Gasteiger partial charge on any atom is 0.0431 e. The maximum atomic E-state index is 8.75. The molecule has 19 heavy (non-hydrogen) atoms. The molecule has 0 saturated heterocycles. The van der Waals surface area contributed by atoms with E-state index in [1.807, 2.05) is 0 Å². The number of aliphatic hydroxyl groups is 1. The molecule has 1 unspecified atom stereocenters. The average Bonchev–Trinajstić information content (AvgIpc) is 2.42. The molecule has 0 spiro atoms. The largest absolute Gasteiger partial charge is 0.396 e. The molecule has 0 aromatic carbocycles. The Labute approximate surface area is 121 Å². The number of aliphatic hydroxyl groups excluding tert-OH is 1. The summed E-state index contributed by atoms with van der Waals surface area (Å²) in [5.74, 6) is 0. The van der Waals surface area contributed by atoms with E-state index in [0.29, 0.717) is 12.6 Å². The first-order valence-electron chi connectivity index (χ1n) is 8.65. The van der Waals surface area contributed by atoms with Gasteiger partial charge in [0, 0.05) is 12.6 Å². The smallest absolute Gasteiger partial charge is 0.0431 e. The van der Waals surface area contributed by atoms with Gasteiger partial charge in [-0.05, 0) is 32.7 Å². The molecule has 0 aliphatic carbocycles. The molecule has 116 valence electrons. The molecule has 2 nitrogen and oxygen atoms in total. The normalized spacial score (nSPS) is 12.8. The van der Waals surface area contributed by atoms with Gasteiger partial charge in [-0.25, -0.2) is 0 Å². The summed E-state index contributed by atoms with van der Waals surface area (Å²) in [6.07, 6.45) is 16.0. The van der Waals surface area contributed by atoms with Crippen LogP contribution in [-0.4, -0.2) is 24.3 Å². The number of nitrogens with one attached hydrogen (secondary N) is 1. The second kappa shape index (κ2) is 16.0. The van der Waals surface area contributed by atoms with Gasteiger partial charge in [0.2, 0.25) is 0 Å². The van der Waals surface area contributed by atoms with Crippen molar-refractivity contribution in [2.45, 2.75) is 96.9 Å². The summed E-state index contributed by atoms with van der Waals surface area (Å²) in [5.41, 5.74) is 0. The predicted octanol–water partition coefficient (Wildman–Crippen LogP) is 4.66. The SMILES string of the molecule is CCCCCCCCCCCCNC(C)CCCO. The fraction of sp³-hybridized carbons (Fsp3) is 1.00. The molecule has 2 heteroatoms. The third-order valence-electron chi connectivity index (χ3n) is 3.82. The van der Waals surface area contributed by atoms with Gasteiger partial charge in [-0.15, -0.1) is 0 Å². The molecule has 0 heterocycles. The highest BCUT2D eigenvalue weighted by atomic mass is 16.2. The third-order valence-corrected chi connectivity index (χ3v) is 3.82. The topological polar surface area (TPSA) is 32.3 Å². The van der Waals surface area contributed by atoms with Gasteiger partial charge in [-0.1, -0.05) is 64.7 Å². The highest BCUT2D eigenvalue weighted by molar-refractivity contribution is 4.60. The first-order chi connectivity index (χ1) is 9.31. The van der Waals surface area contributed by atoms with E-state index in [1.54, 1.807) is 0 Å². The van der Waals surface area contributed by atoms with E-state index in [-0.39, 0.29) is 0 Å². The van der Waals surface area contributed by atoms with E-state index in [2.05, 4.69) is 19.2 Å². The first-order valence-corrected chi connectivity index (χ1v) is 8.65. The van der Waals surface area contributed by atoms with E-state index < -0.39 is 0 Å². The quantitative estimate of drug-likeness (QED) is 0.425. The van der Waals surface area contributed by atoms with Crippen molar-refractivity contribution in [3.8, 4) is 0 Å². The summed E-state index contributed by atoms with van der Waals surface area (Å²) in [4.78, 5) is 0. The Hall–Kier alpha value is -0.0800. The lowest BCUT2D eigenvalue weighted by molar-refractivity contribution is 0.276. The Balaban J connectivity index is 3.02. The van der Waals surface area contributed by atoms with Crippen LogP contribution >= 0.6 is 0 Å². The summed E-state index contributed by atoms with van der Waals surface area (Å²) in [6, 6.07) is 0.561. The summed E-state index contributed by atoms with van der Waals surface area (Å²) in [5, 5.41) is 12.3. The van der Waals surface area contributed by atoms with Crippen LogP contribution in [0.4, 0.5) is 0 Å². The van der Waals surface area contributed by atoms with E-state index in [0.717, 1.165) is 19.4 Å². The van der Waals surface area contributed by atoms with Gasteiger partial charge in [0.05, 0.1) is 0 Å². The zero-order chi connectivity index (χ0) is 14.2. The molecule has 2 N–H and O–H groups in total. The van der Waals surface area contributed by atoms with Crippen molar-refractivity contribution in [1.29, 1.82) is 0 Å². The molecule has 0 fully saturated rings. The highest BCUT2D eigenvalue weighted by Gasteiger charge is 1.99. The van der Waals surface area contributed by atoms with Crippen LogP contribution in [0.5, 0.6) is 0 Å². The van der Waals surface area contributed by atoms with Gasteiger partial charge in [-0.3, -0.25) is 0 Å². The number of rotatable bonds is 15. The summed E-state index contributed by atoms with van der Waals surface area (Å²) in [6.45, 7) is 5.96. The third kappa shape index (κ3) is 15.9. The molecule has 0 aromatic heterocycles. The van der Waals surface area contributed by atoms with E-state index >= 15 is 0 Å². The number of hydrogen-bond donors (Lipinski definition) is 2. The van der Waals surface area contributed by atoms with Crippen molar-refractivity contribution < 1.29 is 5.11 Å². The van der Waals surface area contributed by atoms with E-state index in [9.17, 15) is 0 Å². The van der Waals surface area contributed by atoms with Gasteiger partial charge in [0.25, 0.3) is 0 Å². The molecule has 0 amide bonds. The molecule has 0 aliphatic heterocycles. The molecule has 1 atom stereocenters. The molecule has 0 radical (unpaired) electrons. The molecule has 0 rings (SSSR count). The Morgan fingerprint density at radius 2 is 1.32 bits per heavy atom. The minimum atomic E-state index is 0.324. The number of unbranched alkanes of at least 4 members (excludes halogenated alkanes) is 9. The standard InChI is InChI=1S/C17H37NO/c1-3-4-5-6-7-8-9-10-11-12-15-18-17(2)14-13-16-19/h17-19H,3-16H2,1-2H3. The molecule has 0 bridgehead atoms. The minimum absolute atomic E-state index is 0.324. The molecule has 0 aromatic rings. The number of hydrogen-bond acceptors (Lipinski definition) is 2. The zero-order valence-electron chi connectivity index (χ0n) is 13.4. The van der Waals surface area contributed by atoms with Crippen LogP contribution in [0.2, 0.25) is 0 Å². The van der Waals surface area contributed by atoms with Crippen LogP contribution in [0.3, 0.4) is 0 Å². The Kier molecular flexibility index (Phi) is 15.9. The highest BCUT2D eigenvalue weighted by Crippen LogP contribution is 2.10. The van der Waals surface area contributed by atoms with Gasteiger partial charge in [-0.2, -0.15) is 0 Å². The monoisotopic (exact) mass is 271 g/mol. The van der Waals surface area contributed by atoms with Crippen molar-refractivity contribution in [3.05, 3.63) is 0 Å². The van der Waals surface area contributed by atoms with Crippen LogP contribution in [-0.2, 0) is 0 Å². The first kappa shape index (κ1) is 18.9. The van der Waals surface area contributed by atoms with Gasteiger partial charge in [0.15, 0.2) is 0 Å². The molecular weight excluding hydrogens is 234 g/mol. The van der Waals surface area contributed by atoms with Crippen molar-refractivity contribution in [1.82, 2.24) is 5.32 Å². The van der Waals surface area contributed by atoms with E-state index in [1.165, 1.54) is 64.2 Å². The molecular formula is C17H37NO. The second-order valence-corrected chi connectivity index (χ2v) is 5.90. The van der Waals surface area contributed by atoms with Gasteiger partial charge < -0.3 is 10.4 Å². The summed E-state index contributed by atoms with van der Waals surface area (Å²) >= 11 is 0. The van der Waals surface area contributed by atoms with Crippen LogP contribution in [0.1, 0.15) is 90.9 Å². The van der Waals surface area contributed by atoms with Crippen LogP contribution in [0.25, 0.3) is 0 Å². The lowest BCUT2D eigenvalue weighted by Crippen LogP contribution is -2.27. The van der Waals surface area contributed by atoms with Crippen LogP contribution in [0, 0.1) is 0 Å². The molecule has 0 saturated carbocycles. The summed E-state index contributed by atoms with van der Waals surface area (Å²) < 4.78 is 0. The average molecular weight is 271 g/mol. The fourth-order valence-electron chi connectivity index (χ4n) is 2.46. The lowest BCUT2D eigenvalue weighted by atomic mass is 10.1. The Bertz CT molecular complexity index is 161. The Morgan fingerprint density at radius 1 is 0.789 bits per heavy atom. The van der Waals surface area contributed by atoms with Gasteiger partial charge in [0.1, 0.15) is 0 Å². The Morgan fingerprint density at radius 3 is 1.84 bits per heavy atom. The van der Waals surface area contributed by atoms with Crippen molar-refractivity contribution >= 4 is 0 Å². The maximum absolute atomic E-state index is 8.75. The van der Waals surface area contributed by atoms with E-state index in [4.69, 9.17) is 5.11 Å². The fourth-order valence-corrected chi connectivity index (χ4v) is 2.46. The zero-order valence-corrected chi connectivity index (χ0v) is 13.4. The lowest BCUT2D eigenvalue weighted by Gasteiger charge is -2.12. The van der Waals surface area contributed by atoms with Crippen molar-refractivity contribution in [3.63, 3.8) is 0 Å². The molecule has 0 aliphatic rings. The predicted molar refractivity (Wildman–Crippen MR) is 85.6 cm³/mol. The second-order valence-electron chi connectivity index (χ2n) is 5.90. The van der Waals surface area contributed by atoms with Gasteiger partial charge >= 0.3 is 0 Å².